The summed E-state index contributed by atoms with van der Waals surface area (Å²) in [6.07, 6.45) is 0. The number of anilines is 1. The molecule has 1 aromatic heterocycles. The van der Waals surface area contributed by atoms with E-state index in [-0.39, 0.29) is 5.91 Å². The Hall–Kier alpha value is -2.93. The second-order valence-electron chi connectivity index (χ2n) is 6.29. The van der Waals surface area contributed by atoms with E-state index in [1.54, 1.807) is 37.3 Å². The summed E-state index contributed by atoms with van der Waals surface area (Å²) in [6, 6.07) is 12.2. The number of aryl methyl sites for hydroxylation is 2. The third-order valence-corrected chi connectivity index (χ3v) is 5.47. The maximum absolute atomic E-state index is 12.5. The summed E-state index contributed by atoms with van der Waals surface area (Å²) in [4.78, 5) is 23.8. The molecular weight excluding hydrogens is 408 g/mol. The average Bonchev–Trinajstić information content (AvgIpc) is 2.89. The molecule has 2 amide bonds. The van der Waals surface area contributed by atoms with E-state index < -0.39 is 5.91 Å². The van der Waals surface area contributed by atoms with Gasteiger partial charge in [0.25, 0.3) is 5.91 Å². The van der Waals surface area contributed by atoms with Crippen LogP contribution in [0.4, 0.5) is 5.69 Å². The van der Waals surface area contributed by atoms with Gasteiger partial charge in [-0.3, -0.25) is 9.59 Å². The van der Waals surface area contributed by atoms with Gasteiger partial charge in [0.1, 0.15) is 0 Å². The van der Waals surface area contributed by atoms with Gasteiger partial charge in [-0.25, -0.2) is 4.68 Å². The largest absolute Gasteiger partial charge is 0.366 e. The summed E-state index contributed by atoms with van der Waals surface area (Å²) in [6.45, 7) is 5.68. The minimum absolute atomic E-state index is 0.234. The molecule has 3 aromatic rings. The summed E-state index contributed by atoms with van der Waals surface area (Å²) in [7, 11) is 0. The number of amides is 2. The van der Waals surface area contributed by atoms with Crippen LogP contribution in [0.15, 0.2) is 46.9 Å². The fourth-order valence-electron chi connectivity index (χ4n) is 2.85. The zero-order chi connectivity index (χ0) is 19.7. The van der Waals surface area contributed by atoms with Crippen molar-refractivity contribution in [1.82, 2.24) is 9.78 Å². The van der Waals surface area contributed by atoms with Gasteiger partial charge in [-0.2, -0.15) is 5.10 Å². The van der Waals surface area contributed by atoms with Gasteiger partial charge in [0, 0.05) is 16.8 Å². The molecule has 0 spiro atoms. The molecule has 1 heterocycles. The molecule has 0 saturated heterocycles. The second-order valence-corrected chi connectivity index (χ2v) is 7.08. The molecule has 0 radical (unpaired) electrons. The quantitative estimate of drug-likeness (QED) is 0.662. The summed E-state index contributed by atoms with van der Waals surface area (Å²) in [5.74, 6) is -0.723. The summed E-state index contributed by atoms with van der Waals surface area (Å²) in [5, 5.41) is 7.31. The van der Waals surface area contributed by atoms with Gasteiger partial charge in [0.05, 0.1) is 21.5 Å². The van der Waals surface area contributed by atoms with Crippen molar-refractivity contribution in [2.24, 2.45) is 5.73 Å². The van der Waals surface area contributed by atoms with Crippen molar-refractivity contribution in [2.45, 2.75) is 20.8 Å². The number of hydrogen-bond donors (Lipinski definition) is 2. The van der Waals surface area contributed by atoms with E-state index in [1.165, 1.54) is 0 Å². The van der Waals surface area contributed by atoms with Crippen LogP contribution >= 0.6 is 15.9 Å². The van der Waals surface area contributed by atoms with Crippen molar-refractivity contribution in [1.29, 1.82) is 0 Å². The SMILES string of the molecule is Cc1cc(NC(=O)c2ccc(-n3nc(C)c(Br)c3C)cc2)ccc1C(N)=O. The molecular formula is C20H19BrN4O2. The first kappa shape index (κ1) is 18.8. The molecule has 0 bridgehead atoms. The molecule has 0 aliphatic heterocycles. The molecule has 0 unspecified atom stereocenters. The van der Waals surface area contributed by atoms with E-state index in [2.05, 4.69) is 26.3 Å². The van der Waals surface area contributed by atoms with E-state index in [1.807, 2.05) is 30.7 Å². The lowest BCUT2D eigenvalue weighted by Gasteiger charge is -2.09. The van der Waals surface area contributed by atoms with Gasteiger partial charge in [-0.15, -0.1) is 0 Å². The molecule has 3 rings (SSSR count). The van der Waals surface area contributed by atoms with Crippen molar-refractivity contribution >= 4 is 33.4 Å². The number of carbonyl (C=O) groups excluding carboxylic acids is 2. The van der Waals surface area contributed by atoms with Crippen LogP contribution in [-0.4, -0.2) is 21.6 Å². The Labute approximate surface area is 165 Å². The Bertz CT molecular complexity index is 1040. The lowest BCUT2D eigenvalue weighted by molar-refractivity contribution is 0.0997. The van der Waals surface area contributed by atoms with Crippen molar-refractivity contribution < 1.29 is 9.59 Å². The molecule has 3 N–H and O–H groups in total. The molecule has 2 aromatic carbocycles. The van der Waals surface area contributed by atoms with E-state index in [9.17, 15) is 9.59 Å². The molecule has 6 nitrogen and oxygen atoms in total. The smallest absolute Gasteiger partial charge is 0.255 e. The van der Waals surface area contributed by atoms with Crippen LogP contribution in [0.3, 0.4) is 0 Å². The van der Waals surface area contributed by atoms with Gasteiger partial charge in [-0.05, 0) is 84.7 Å². The molecule has 0 aliphatic rings. The predicted molar refractivity (Wildman–Crippen MR) is 108 cm³/mol. The number of aromatic nitrogens is 2. The first-order valence-corrected chi connectivity index (χ1v) is 9.11. The highest BCUT2D eigenvalue weighted by Crippen LogP contribution is 2.23. The van der Waals surface area contributed by atoms with Gasteiger partial charge >= 0.3 is 0 Å². The highest BCUT2D eigenvalue weighted by molar-refractivity contribution is 9.10. The maximum Gasteiger partial charge on any atom is 0.255 e. The third kappa shape index (κ3) is 3.78. The Morgan fingerprint density at radius 1 is 1.07 bits per heavy atom. The van der Waals surface area contributed by atoms with Crippen molar-refractivity contribution in [2.75, 3.05) is 5.32 Å². The third-order valence-electron chi connectivity index (χ3n) is 4.33. The number of nitrogens with two attached hydrogens (primary N) is 1. The minimum Gasteiger partial charge on any atom is -0.366 e. The fourth-order valence-corrected chi connectivity index (χ4v) is 3.10. The van der Waals surface area contributed by atoms with E-state index in [0.717, 1.165) is 21.5 Å². The van der Waals surface area contributed by atoms with E-state index in [0.29, 0.717) is 22.4 Å². The lowest BCUT2D eigenvalue weighted by Crippen LogP contribution is -2.15. The maximum atomic E-state index is 12.5. The fraction of sp³-hybridized carbons (Fsp3) is 0.150. The number of carbonyl (C=O) groups is 2. The van der Waals surface area contributed by atoms with Crippen LogP contribution < -0.4 is 11.1 Å². The second kappa shape index (κ2) is 7.36. The van der Waals surface area contributed by atoms with Crippen LogP contribution in [0.25, 0.3) is 5.69 Å². The first-order valence-electron chi connectivity index (χ1n) is 8.32. The van der Waals surface area contributed by atoms with Crippen molar-refractivity contribution in [3.05, 3.63) is 75.0 Å². The number of primary amides is 1. The van der Waals surface area contributed by atoms with Crippen molar-refractivity contribution in [3.63, 3.8) is 0 Å². The molecule has 0 atom stereocenters. The van der Waals surface area contributed by atoms with Crippen LogP contribution in [0, 0.1) is 20.8 Å². The number of nitrogens with one attached hydrogen (secondary N) is 1. The first-order chi connectivity index (χ1) is 12.8. The van der Waals surface area contributed by atoms with Crippen LogP contribution in [0.1, 0.15) is 37.7 Å². The van der Waals surface area contributed by atoms with Gasteiger partial charge < -0.3 is 11.1 Å². The molecule has 0 aliphatic carbocycles. The summed E-state index contributed by atoms with van der Waals surface area (Å²) in [5.41, 5.74) is 10.4. The monoisotopic (exact) mass is 426 g/mol. The van der Waals surface area contributed by atoms with Gasteiger partial charge in [0.15, 0.2) is 0 Å². The van der Waals surface area contributed by atoms with E-state index in [4.69, 9.17) is 5.73 Å². The van der Waals surface area contributed by atoms with Crippen LogP contribution in [-0.2, 0) is 0 Å². The van der Waals surface area contributed by atoms with Gasteiger partial charge in [0.2, 0.25) is 5.91 Å². The number of hydrogen-bond acceptors (Lipinski definition) is 3. The van der Waals surface area contributed by atoms with Crippen LogP contribution in [0.2, 0.25) is 0 Å². The topological polar surface area (TPSA) is 90.0 Å². The van der Waals surface area contributed by atoms with Gasteiger partial charge in [-0.1, -0.05) is 0 Å². The molecule has 7 heteroatoms. The van der Waals surface area contributed by atoms with Crippen LogP contribution in [0.5, 0.6) is 0 Å². The Balaban J connectivity index is 1.79. The predicted octanol–water partition coefficient (Wildman–Crippen LogP) is 3.91. The highest BCUT2D eigenvalue weighted by atomic mass is 79.9. The zero-order valence-corrected chi connectivity index (χ0v) is 16.8. The standard InChI is InChI=1S/C20H19BrN4O2/c1-11-10-15(6-9-17(11)19(22)26)23-20(27)14-4-7-16(8-5-14)25-13(3)18(21)12(2)24-25/h4-10H,1-3H3,(H2,22,26)(H,23,27). The summed E-state index contributed by atoms with van der Waals surface area (Å²) < 4.78 is 2.80. The average molecular weight is 427 g/mol. The summed E-state index contributed by atoms with van der Waals surface area (Å²) >= 11 is 3.52. The zero-order valence-electron chi connectivity index (χ0n) is 15.2. The number of rotatable bonds is 4. The molecule has 27 heavy (non-hydrogen) atoms. The Morgan fingerprint density at radius 2 is 1.74 bits per heavy atom. The lowest BCUT2D eigenvalue weighted by atomic mass is 10.1. The molecule has 138 valence electrons. The number of nitrogens with zero attached hydrogens (tertiary/aromatic N) is 2. The Kier molecular flexibility index (Phi) is 5.14. The molecule has 0 saturated carbocycles. The normalized spacial score (nSPS) is 10.7. The number of benzene rings is 2. The van der Waals surface area contributed by atoms with E-state index >= 15 is 0 Å². The number of halogens is 1. The molecule has 0 fully saturated rings. The van der Waals surface area contributed by atoms with Crippen molar-refractivity contribution in [3.8, 4) is 5.69 Å². The minimum atomic E-state index is -0.489. The Morgan fingerprint density at radius 3 is 2.26 bits per heavy atom. The highest BCUT2D eigenvalue weighted by Gasteiger charge is 2.12.